The molecule has 0 aromatic rings. The van der Waals surface area contributed by atoms with Crippen molar-refractivity contribution in [2.75, 3.05) is 31.8 Å². The highest BCUT2D eigenvalue weighted by Crippen LogP contribution is 2.89. The van der Waals surface area contributed by atoms with Crippen molar-refractivity contribution in [3.05, 3.63) is 0 Å². The molecule has 0 aromatic carbocycles. The number of hydrogen-bond acceptors (Lipinski definition) is 6. The van der Waals surface area contributed by atoms with Crippen LogP contribution in [0, 0.1) is 5.92 Å². The molecular weight excluding hydrogens is 382 g/mol. The van der Waals surface area contributed by atoms with Gasteiger partial charge >= 0.3 is 15.2 Å². The highest BCUT2D eigenvalue weighted by molar-refractivity contribution is 9.09. The summed E-state index contributed by atoms with van der Waals surface area (Å²) >= 11 is 3.38. The average Bonchev–Trinajstić information content (AvgIpc) is 3.16. The van der Waals surface area contributed by atoms with Crippen LogP contribution >= 0.6 is 31.1 Å². The zero-order valence-electron chi connectivity index (χ0n) is 13.0. The molecular formula is C12H25BrO6P2. The van der Waals surface area contributed by atoms with Crippen molar-refractivity contribution in [1.29, 1.82) is 0 Å². The van der Waals surface area contributed by atoms with Gasteiger partial charge in [-0.3, -0.25) is 9.13 Å². The van der Waals surface area contributed by atoms with Crippen molar-refractivity contribution in [2.45, 2.75) is 39.0 Å². The molecule has 0 bridgehead atoms. The molecule has 1 atom stereocenters. The lowest BCUT2D eigenvalue weighted by Gasteiger charge is -2.32. The molecule has 0 radical (unpaired) electrons. The van der Waals surface area contributed by atoms with Gasteiger partial charge in [0.1, 0.15) is 0 Å². The average molecular weight is 407 g/mol. The molecule has 0 spiro atoms. The maximum absolute atomic E-state index is 13.3. The second kappa shape index (κ2) is 8.05. The van der Waals surface area contributed by atoms with Gasteiger partial charge in [0.25, 0.3) is 0 Å². The highest BCUT2D eigenvalue weighted by Gasteiger charge is 2.78. The minimum atomic E-state index is -3.61. The van der Waals surface area contributed by atoms with Crippen LogP contribution in [-0.4, -0.2) is 36.7 Å². The monoisotopic (exact) mass is 406 g/mol. The fourth-order valence-electron chi connectivity index (χ4n) is 2.50. The number of halogens is 1. The third-order valence-electron chi connectivity index (χ3n) is 3.37. The Morgan fingerprint density at radius 1 is 0.905 bits per heavy atom. The smallest absolute Gasteiger partial charge is 0.308 e. The summed E-state index contributed by atoms with van der Waals surface area (Å²) in [5.41, 5.74) is 0. The van der Waals surface area contributed by atoms with Gasteiger partial charge in [-0.15, -0.1) is 0 Å². The van der Waals surface area contributed by atoms with Crippen LogP contribution in [0.25, 0.3) is 0 Å². The Labute approximate surface area is 135 Å². The van der Waals surface area contributed by atoms with Crippen molar-refractivity contribution >= 4 is 31.1 Å². The lowest BCUT2D eigenvalue weighted by molar-refractivity contribution is 0.190. The van der Waals surface area contributed by atoms with Crippen LogP contribution in [0.2, 0.25) is 0 Å². The second-order valence-electron chi connectivity index (χ2n) is 4.60. The molecule has 1 unspecified atom stereocenters. The van der Waals surface area contributed by atoms with Crippen molar-refractivity contribution in [3.8, 4) is 0 Å². The standard InChI is InChI=1S/C12H25BrO6P2/c1-5-16-20(14,17-6-2)12(9-11(12)10-13)21(15,18-7-3)19-8-4/h11H,5-10H2,1-4H3. The molecule has 0 heterocycles. The first kappa shape index (κ1) is 19.8. The lowest BCUT2D eigenvalue weighted by Crippen LogP contribution is -2.22. The molecule has 6 nitrogen and oxygen atoms in total. The van der Waals surface area contributed by atoms with Crippen LogP contribution in [0.1, 0.15) is 34.1 Å². The summed E-state index contributed by atoms with van der Waals surface area (Å²) in [4.78, 5) is -1.19. The molecule has 0 N–H and O–H groups in total. The molecule has 1 aliphatic carbocycles. The minimum Gasteiger partial charge on any atom is -0.308 e. The number of rotatable bonds is 11. The Morgan fingerprint density at radius 3 is 1.43 bits per heavy atom. The molecule has 1 saturated carbocycles. The topological polar surface area (TPSA) is 71.1 Å². The molecule has 0 amide bonds. The predicted octanol–water partition coefficient (Wildman–Crippen LogP) is 4.63. The predicted molar refractivity (Wildman–Crippen MR) is 86.3 cm³/mol. The van der Waals surface area contributed by atoms with Gasteiger partial charge in [0, 0.05) is 5.33 Å². The van der Waals surface area contributed by atoms with Gasteiger partial charge in [0.15, 0.2) is 4.90 Å². The summed E-state index contributed by atoms with van der Waals surface area (Å²) in [6.45, 7) is 7.79. The summed E-state index contributed by atoms with van der Waals surface area (Å²) in [5.74, 6) is -0.120. The SMILES string of the molecule is CCOP(=O)(OCC)C1(P(=O)(OCC)OCC)CC1CBr. The van der Waals surface area contributed by atoms with Crippen LogP contribution in [0.15, 0.2) is 0 Å². The molecule has 1 aliphatic rings. The molecule has 0 saturated heterocycles. The van der Waals surface area contributed by atoms with Gasteiger partial charge in [-0.05, 0) is 40.0 Å². The molecule has 21 heavy (non-hydrogen) atoms. The minimum absolute atomic E-state index is 0.120. The van der Waals surface area contributed by atoms with E-state index in [1.807, 2.05) is 0 Å². The summed E-state index contributed by atoms with van der Waals surface area (Å²) in [6, 6.07) is 0. The van der Waals surface area contributed by atoms with Gasteiger partial charge in [-0.1, -0.05) is 15.9 Å². The maximum atomic E-state index is 13.3. The molecule has 126 valence electrons. The van der Waals surface area contributed by atoms with E-state index in [0.717, 1.165) is 0 Å². The van der Waals surface area contributed by atoms with Crippen LogP contribution in [0.4, 0.5) is 0 Å². The zero-order valence-corrected chi connectivity index (χ0v) is 16.4. The van der Waals surface area contributed by atoms with E-state index in [4.69, 9.17) is 18.1 Å². The van der Waals surface area contributed by atoms with E-state index in [9.17, 15) is 9.13 Å². The quantitative estimate of drug-likeness (QED) is 0.368. The van der Waals surface area contributed by atoms with Crippen molar-refractivity contribution in [2.24, 2.45) is 5.92 Å². The fourth-order valence-corrected chi connectivity index (χ4v) is 10.0. The molecule has 1 rings (SSSR count). The van der Waals surface area contributed by atoms with Crippen molar-refractivity contribution in [1.82, 2.24) is 0 Å². The summed E-state index contributed by atoms with van der Waals surface area (Å²) in [6.07, 6.45) is 0.437. The molecule has 0 aliphatic heterocycles. The first-order chi connectivity index (χ1) is 9.91. The van der Waals surface area contributed by atoms with E-state index in [-0.39, 0.29) is 32.3 Å². The van der Waals surface area contributed by atoms with Crippen LogP contribution in [0.5, 0.6) is 0 Å². The van der Waals surface area contributed by atoms with E-state index in [1.54, 1.807) is 27.7 Å². The van der Waals surface area contributed by atoms with E-state index >= 15 is 0 Å². The Kier molecular flexibility index (Phi) is 7.60. The van der Waals surface area contributed by atoms with E-state index < -0.39 is 20.1 Å². The highest BCUT2D eigenvalue weighted by atomic mass is 79.9. The van der Waals surface area contributed by atoms with Crippen molar-refractivity contribution < 1.29 is 27.2 Å². The van der Waals surface area contributed by atoms with E-state index in [2.05, 4.69) is 15.9 Å². The number of hydrogen-bond donors (Lipinski definition) is 0. The molecule has 0 aromatic heterocycles. The first-order valence-electron chi connectivity index (χ1n) is 7.25. The van der Waals surface area contributed by atoms with Gasteiger partial charge in [-0.2, -0.15) is 0 Å². The fraction of sp³-hybridized carbons (Fsp3) is 1.00. The Morgan fingerprint density at radius 2 is 1.24 bits per heavy atom. The van der Waals surface area contributed by atoms with Gasteiger partial charge in [0.05, 0.1) is 26.4 Å². The van der Waals surface area contributed by atoms with Gasteiger partial charge in [-0.25, -0.2) is 0 Å². The largest absolute Gasteiger partial charge is 0.349 e. The molecule has 9 heteroatoms. The van der Waals surface area contributed by atoms with E-state index in [1.165, 1.54) is 0 Å². The normalized spacial score (nSPS) is 21.5. The van der Waals surface area contributed by atoms with Crippen LogP contribution in [0.3, 0.4) is 0 Å². The maximum Gasteiger partial charge on any atom is 0.349 e. The summed E-state index contributed by atoms with van der Waals surface area (Å²) in [5, 5.41) is 0.543. The zero-order chi connectivity index (χ0) is 16.1. The lowest BCUT2D eigenvalue weighted by atomic mass is 10.5. The van der Waals surface area contributed by atoms with Crippen molar-refractivity contribution in [3.63, 3.8) is 0 Å². The van der Waals surface area contributed by atoms with Gasteiger partial charge in [0.2, 0.25) is 0 Å². The summed E-state index contributed by atoms with van der Waals surface area (Å²) in [7, 11) is -7.22. The Bertz CT molecular complexity index is 380. The Hall–Kier alpha value is 0.780. The Balaban J connectivity index is 3.30. The van der Waals surface area contributed by atoms with E-state index in [0.29, 0.717) is 11.8 Å². The third kappa shape index (κ3) is 3.50. The second-order valence-corrected chi connectivity index (χ2v) is 10.2. The molecule has 1 fully saturated rings. The third-order valence-corrected chi connectivity index (χ3v) is 11.0. The summed E-state index contributed by atoms with van der Waals surface area (Å²) < 4.78 is 48.3. The van der Waals surface area contributed by atoms with Crippen LogP contribution < -0.4 is 0 Å². The first-order valence-corrected chi connectivity index (χ1v) is 11.5. The van der Waals surface area contributed by atoms with Gasteiger partial charge < -0.3 is 18.1 Å². The van der Waals surface area contributed by atoms with Crippen LogP contribution in [-0.2, 0) is 27.2 Å². The number of alkyl halides is 1.